The first kappa shape index (κ1) is 34.6. The molecule has 0 aliphatic rings. The van der Waals surface area contributed by atoms with E-state index >= 15 is 0 Å². The van der Waals surface area contributed by atoms with E-state index < -0.39 is 5.25 Å². The zero-order valence-corrected chi connectivity index (χ0v) is 24.3. The number of anilines is 1. The van der Waals surface area contributed by atoms with Crippen LogP contribution in [0.1, 0.15) is 64.2 Å². The molecule has 1 atom stereocenters. The average Bonchev–Trinajstić information content (AvgIpc) is 2.96. The number of rotatable bonds is 12. The van der Waals surface area contributed by atoms with Gasteiger partial charge in [-0.2, -0.15) is 5.10 Å². The number of carbonyl (C=O) groups excluding carboxylic acids is 3. The largest absolute Gasteiger partial charge is 0.345 e. The Labute approximate surface area is 231 Å². The smallest absolute Gasteiger partial charge is 0.236 e. The summed E-state index contributed by atoms with van der Waals surface area (Å²) in [6, 6.07) is 15.0. The third-order valence-corrected chi connectivity index (χ3v) is 6.14. The molecule has 0 spiro atoms. The minimum Gasteiger partial charge on any atom is -0.345 e. The summed E-state index contributed by atoms with van der Waals surface area (Å²) in [6.45, 7) is 10.5. The number of hydrazine groups is 1. The van der Waals surface area contributed by atoms with Gasteiger partial charge < -0.3 is 21.5 Å². The van der Waals surface area contributed by atoms with Crippen molar-refractivity contribution in [2.45, 2.75) is 65.6 Å². The van der Waals surface area contributed by atoms with Crippen LogP contribution in [0.25, 0.3) is 0 Å². The lowest BCUT2D eigenvalue weighted by Gasteiger charge is -2.22. The van der Waals surface area contributed by atoms with E-state index in [9.17, 15) is 14.4 Å². The van der Waals surface area contributed by atoms with Crippen LogP contribution in [0.4, 0.5) is 5.69 Å². The average molecular weight is 545 g/mol. The lowest BCUT2D eigenvalue weighted by atomic mass is 10.1. The summed E-state index contributed by atoms with van der Waals surface area (Å²) in [5.41, 5.74) is 6.65. The Morgan fingerprint density at radius 1 is 1.03 bits per heavy atom. The van der Waals surface area contributed by atoms with Gasteiger partial charge in [-0.05, 0) is 54.7 Å². The van der Waals surface area contributed by atoms with Crippen LogP contribution >= 0.6 is 11.8 Å². The van der Waals surface area contributed by atoms with Crippen LogP contribution in [0.5, 0.6) is 0 Å². The zero-order valence-electron chi connectivity index (χ0n) is 23.5. The summed E-state index contributed by atoms with van der Waals surface area (Å²) in [6.07, 6.45) is 2.17. The van der Waals surface area contributed by atoms with Crippen molar-refractivity contribution in [2.24, 2.45) is 16.8 Å². The fourth-order valence-electron chi connectivity index (χ4n) is 3.35. The van der Waals surface area contributed by atoms with Crippen LogP contribution in [0, 0.1) is 0 Å². The fraction of sp³-hybridized carbons (Fsp3) is 0.429. The van der Waals surface area contributed by atoms with Crippen LogP contribution < -0.4 is 22.4 Å². The maximum absolute atomic E-state index is 12.9. The normalized spacial score (nSPS) is 11.1. The first-order chi connectivity index (χ1) is 18.4. The Morgan fingerprint density at radius 3 is 2.11 bits per heavy atom. The molecule has 0 aliphatic carbocycles. The van der Waals surface area contributed by atoms with Crippen molar-refractivity contribution in [1.82, 2.24) is 10.3 Å². The SMILES string of the molecule is CC.CC.CCc1ccc(CC(SC=O)C(=O)N(C)CCCC(=O)Nc2ccc(/C(=N/N)NN)cc2)cc1. The van der Waals surface area contributed by atoms with E-state index in [2.05, 4.69) is 22.8 Å². The molecule has 2 rings (SSSR count). The highest BCUT2D eigenvalue weighted by Gasteiger charge is 2.23. The highest BCUT2D eigenvalue weighted by Crippen LogP contribution is 2.18. The van der Waals surface area contributed by atoms with Gasteiger partial charge in [-0.25, -0.2) is 5.84 Å². The number of carbonyl (C=O) groups is 3. The van der Waals surface area contributed by atoms with Crippen molar-refractivity contribution in [1.29, 1.82) is 0 Å². The molecule has 0 bridgehead atoms. The Balaban J connectivity index is 0.00000326. The molecule has 38 heavy (non-hydrogen) atoms. The topological polar surface area (TPSA) is 143 Å². The van der Waals surface area contributed by atoms with Crippen LogP contribution in [0.2, 0.25) is 0 Å². The van der Waals surface area contributed by atoms with E-state index in [1.807, 2.05) is 52.0 Å². The van der Waals surface area contributed by atoms with Gasteiger partial charge in [0.2, 0.25) is 11.8 Å². The van der Waals surface area contributed by atoms with Crippen LogP contribution in [-0.2, 0) is 27.2 Å². The van der Waals surface area contributed by atoms with Gasteiger partial charge in [0, 0.05) is 31.3 Å². The number of amides is 2. The highest BCUT2D eigenvalue weighted by molar-refractivity contribution is 8.13. The molecule has 10 heteroatoms. The molecule has 0 fully saturated rings. The van der Waals surface area contributed by atoms with Crippen molar-refractivity contribution in [3.63, 3.8) is 0 Å². The summed E-state index contributed by atoms with van der Waals surface area (Å²) >= 11 is 0.986. The molecule has 0 aromatic heterocycles. The molecule has 210 valence electrons. The minimum absolute atomic E-state index is 0.126. The van der Waals surface area contributed by atoms with Crippen LogP contribution in [-0.4, -0.2) is 47.0 Å². The van der Waals surface area contributed by atoms with Crippen molar-refractivity contribution in [3.05, 3.63) is 65.2 Å². The van der Waals surface area contributed by atoms with Gasteiger partial charge in [-0.3, -0.25) is 14.4 Å². The van der Waals surface area contributed by atoms with E-state index in [1.54, 1.807) is 36.2 Å². The third-order valence-electron chi connectivity index (χ3n) is 5.33. The lowest BCUT2D eigenvalue weighted by Crippen LogP contribution is -2.36. The van der Waals surface area contributed by atoms with Gasteiger partial charge in [0.15, 0.2) is 11.5 Å². The maximum atomic E-state index is 12.9. The minimum atomic E-state index is -0.493. The van der Waals surface area contributed by atoms with E-state index in [-0.39, 0.29) is 18.2 Å². The second-order valence-corrected chi connectivity index (χ2v) is 8.74. The molecule has 0 radical (unpaired) electrons. The number of hydrazone groups is 1. The zero-order chi connectivity index (χ0) is 28.9. The van der Waals surface area contributed by atoms with Crippen molar-refractivity contribution >= 4 is 40.7 Å². The van der Waals surface area contributed by atoms with E-state index in [1.165, 1.54) is 5.56 Å². The number of benzene rings is 2. The molecule has 0 aliphatic heterocycles. The molecule has 0 saturated heterocycles. The Hall–Kier alpha value is -3.37. The monoisotopic (exact) mass is 544 g/mol. The molecule has 0 saturated carbocycles. The molecule has 9 nitrogen and oxygen atoms in total. The molecule has 6 N–H and O–H groups in total. The Morgan fingerprint density at radius 2 is 1.61 bits per heavy atom. The third kappa shape index (κ3) is 12.2. The number of nitrogens with one attached hydrogen (secondary N) is 2. The van der Waals surface area contributed by atoms with Gasteiger partial charge in [-0.1, -0.05) is 70.6 Å². The molecule has 0 heterocycles. The predicted molar refractivity (Wildman–Crippen MR) is 160 cm³/mol. The number of amidine groups is 1. The summed E-state index contributed by atoms with van der Waals surface area (Å²) in [4.78, 5) is 37.9. The highest BCUT2D eigenvalue weighted by atomic mass is 32.2. The molecule has 2 amide bonds. The first-order valence-electron chi connectivity index (χ1n) is 13.0. The summed E-state index contributed by atoms with van der Waals surface area (Å²) in [7, 11) is 1.69. The molecule has 1 unspecified atom stereocenters. The second kappa shape index (κ2) is 20.7. The van der Waals surface area contributed by atoms with Gasteiger partial charge in [0.25, 0.3) is 0 Å². The number of hydrogen-bond acceptors (Lipinski definition) is 7. The molecular weight excluding hydrogens is 500 g/mol. The van der Waals surface area contributed by atoms with Crippen LogP contribution in [0.15, 0.2) is 53.6 Å². The van der Waals surface area contributed by atoms with E-state index in [0.717, 1.165) is 23.7 Å². The predicted octanol–water partition coefficient (Wildman–Crippen LogP) is 4.10. The van der Waals surface area contributed by atoms with E-state index in [4.69, 9.17) is 11.7 Å². The van der Waals surface area contributed by atoms with Crippen molar-refractivity contribution in [2.75, 3.05) is 18.9 Å². The second-order valence-electron chi connectivity index (χ2n) is 7.71. The molecular formula is C28H44N6O3S. The van der Waals surface area contributed by atoms with E-state index in [0.29, 0.717) is 42.1 Å². The van der Waals surface area contributed by atoms with Crippen molar-refractivity contribution in [3.8, 4) is 0 Å². The molecule has 2 aromatic rings. The van der Waals surface area contributed by atoms with Gasteiger partial charge in [0.1, 0.15) is 0 Å². The van der Waals surface area contributed by atoms with Crippen molar-refractivity contribution < 1.29 is 14.4 Å². The van der Waals surface area contributed by atoms with Crippen LogP contribution in [0.3, 0.4) is 0 Å². The number of aryl methyl sites for hydroxylation is 1. The maximum Gasteiger partial charge on any atom is 0.236 e. The standard InChI is InChI=1S/C24H32N6O3S.2C2H6/c1-3-17-6-8-18(9-7-17)15-21(34-16-31)24(33)30(2)14-4-5-22(32)27-20-12-10-19(11-13-20)23(28-25)29-26;2*1-2/h6-13,16,21H,3-5,14-15,25-26H2,1-2H3,(H,27,32)(H,28,29);2*1-2H3. The summed E-state index contributed by atoms with van der Waals surface area (Å²) in [5.74, 6) is 10.6. The number of nitrogens with zero attached hydrogens (tertiary/aromatic N) is 2. The first-order valence-corrected chi connectivity index (χ1v) is 13.9. The summed E-state index contributed by atoms with van der Waals surface area (Å²) < 4.78 is 0. The fourth-order valence-corrected chi connectivity index (χ4v) is 4.07. The number of thioether (sulfide) groups is 1. The quantitative estimate of drug-likeness (QED) is 0.104. The molecule has 2 aromatic carbocycles. The Kier molecular flexibility index (Phi) is 18.8. The Bertz CT molecular complexity index is 981. The number of nitrogens with two attached hydrogens (primary N) is 2. The lowest BCUT2D eigenvalue weighted by molar-refractivity contribution is -0.129. The van der Waals surface area contributed by atoms with Gasteiger partial charge in [-0.15, -0.1) is 0 Å². The van der Waals surface area contributed by atoms with Gasteiger partial charge >= 0.3 is 0 Å². The summed E-state index contributed by atoms with van der Waals surface area (Å²) in [5, 5.41) is 5.86. The number of hydrogen-bond donors (Lipinski definition) is 4. The van der Waals surface area contributed by atoms with Gasteiger partial charge in [0.05, 0.1) is 5.25 Å².